The number of fused-ring (bicyclic) bond motifs is 1. The van der Waals surface area contributed by atoms with Crippen molar-refractivity contribution < 1.29 is 5.11 Å². The smallest absolute Gasteiger partial charge is 0.159 e. The van der Waals surface area contributed by atoms with Gasteiger partial charge in [-0.05, 0) is 17.7 Å². The van der Waals surface area contributed by atoms with Gasteiger partial charge in [-0.15, -0.1) is 11.3 Å². The molecule has 2 N–H and O–H groups in total. The molecule has 0 spiro atoms. The molecular formula is C15H15N5OS. The average Bonchev–Trinajstić information content (AvgIpc) is 3.04. The van der Waals surface area contributed by atoms with Crippen molar-refractivity contribution in [2.45, 2.75) is 6.04 Å². The Kier molecular flexibility index (Phi) is 3.36. The van der Waals surface area contributed by atoms with E-state index in [4.69, 9.17) is 0 Å². The summed E-state index contributed by atoms with van der Waals surface area (Å²) in [7, 11) is 0. The Morgan fingerprint density at radius 1 is 1.18 bits per heavy atom. The van der Waals surface area contributed by atoms with Gasteiger partial charge in [0.2, 0.25) is 0 Å². The van der Waals surface area contributed by atoms with Crippen LogP contribution in [0.4, 0.5) is 5.82 Å². The van der Waals surface area contributed by atoms with E-state index in [0.29, 0.717) is 0 Å². The second-order valence-corrected chi connectivity index (χ2v) is 6.08. The number of nitrogens with one attached hydrogen (secondary N) is 1. The number of piperazine rings is 1. The third-order valence-corrected chi connectivity index (χ3v) is 4.62. The summed E-state index contributed by atoms with van der Waals surface area (Å²) in [4.78, 5) is 16.3. The summed E-state index contributed by atoms with van der Waals surface area (Å²) in [6, 6.07) is 7.56. The van der Waals surface area contributed by atoms with Crippen LogP contribution in [-0.2, 0) is 0 Å². The van der Waals surface area contributed by atoms with Crippen LogP contribution in [0.1, 0.15) is 11.6 Å². The molecule has 3 aromatic rings. The van der Waals surface area contributed by atoms with Crippen LogP contribution >= 0.6 is 11.3 Å². The van der Waals surface area contributed by atoms with Gasteiger partial charge in [0, 0.05) is 25.7 Å². The Morgan fingerprint density at radius 3 is 2.91 bits per heavy atom. The Hall–Kier alpha value is -2.25. The number of aromatic hydroxyl groups is 1. The maximum Gasteiger partial charge on any atom is 0.159 e. The lowest BCUT2D eigenvalue weighted by Gasteiger charge is -2.34. The van der Waals surface area contributed by atoms with Crippen LogP contribution in [0.15, 0.2) is 36.1 Å². The largest absolute Gasteiger partial charge is 0.508 e. The third kappa shape index (κ3) is 2.38. The zero-order valence-corrected chi connectivity index (χ0v) is 12.6. The van der Waals surface area contributed by atoms with E-state index < -0.39 is 0 Å². The van der Waals surface area contributed by atoms with Gasteiger partial charge in [0.1, 0.15) is 22.4 Å². The Labute approximate surface area is 131 Å². The van der Waals surface area contributed by atoms with Crippen LogP contribution in [0.5, 0.6) is 5.75 Å². The summed E-state index contributed by atoms with van der Waals surface area (Å²) in [5.74, 6) is 1.19. The van der Waals surface area contributed by atoms with Crippen LogP contribution < -0.4 is 10.2 Å². The second kappa shape index (κ2) is 5.51. The summed E-state index contributed by atoms with van der Waals surface area (Å²) >= 11 is 1.53. The summed E-state index contributed by atoms with van der Waals surface area (Å²) in [6.45, 7) is 2.58. The summed E-state index contributed by atoms with van der Waals surface area (Å²) in [5, 5.41) is 12.9. The molecule has 1 atom stereocenters. The molecule has 3 heterocycles. The maximum absolute atomic E-state index is 9.42. The van der Waals surface area contributed by atoms with E-state index in [0.717, 1.165) is 41.4 Å². The fourth-order valence-corrected chi connectivity index (χ4v) is 3.41. The van der Waals surface area contributed by atoms with Crippen LogP contribution in [0.25, 0.3) is 10.3 Å². The Bertz CT molecular complexity index is 788. The molecule has 1 unspecified atom stereocenters. The van der Waals surface area contributed by atoms with Crippen molar-refractivity contribution in [1.82, 2.24) is 20.3 Å². The van der Waals surface area contributed by atoms with Crippen molar-refractivity contribution >= 4 is 27.5 Å². The van der Waals surface area contributed by atoms with Gasteiger partial charge in [-0.3, -0.25) is 0 Å². The molecule has 112 valence electrons. The van der Waals surface area contributed by atoms with Crippen LogP contribution in [0.2, 0.25) is 0 Å². The molecule has 1 aliphatic rings. The quantitative estimate of drug-likeness (QED) is 0.753. The molecule has 22 heavy (non-hydrogen) atoms. The van der Waals surface area contributed by atoms with Gasteiger partial charge >= 0.3 is 0 Å². The number of phenolic OH excluding ortho intramolecular Hbond substituents is 1. The lowest BCUT2D eigenvalue weighted by molar-refractivity contribution is 0.463. The molecule has 4 rings (SSSR count). The summed E-state index contributed by atoms with van der Waals surface area (Å²) in [5.41, 5.74) is 3.84. The average molecular weight is 313 g/mol. The predicted molar refractivity (Wildman–Crippen MR) is 86.3 cm³/mol. The number of anilines is 1. The van der Waals surface area contributed by atoms with Crippen LogP contribution in [-0.4, -0.2) is 39.7 Å². The number of phenols is 1. The highest BCUT2D eigenvalue weighted by Crippen LogP contribution is 2.27. The first kappa shape index (κ1) is 13.4. The number of nitrogens with zero attached hydrogens (tertiary/aromatic N) is 4. The van der Waals surface area contributed by atoms with E-state index in [-0.39, 0.29) is 11.8 Å². The van der Waals surface area contributed by atoms with Gasteiger partial charge in [-0.1, -0.05) is 12.1 Å². The first-order valence-corrected chi connectivity index (χ1v) is 8.01. The van der Waals surface area contributed by atoms with Crippen LogP contribution in [0, 0.1) is 0 Å². The molecule has 0 bridgehead atoms. The lowest BCUT2D eigenvalue weighted by atomic mass is 10.0. The molecule has 0 saturated carbocycles. The molecule has 0 amide bonds. The molecule has 7 heteroatoms. The minimum atomic E-state index is 0.206. The first-order chi connectivity index (χ1) is 10.8. The topological polar surface area (TPSA) is 74.2 Å². The first-order valence-electron chi connectivity index (χ1n) is 7.13. The maximum atomic E-state index is 9.42. The molecule has 2 aromatic heterocycles. The molecular weight excluding hydrogens is 298 g/mol. The summed E-state index contributed by atoms with van der Waals surface area (Å²) < 4.78 is 0. The van der Waals surface area contributed by atoms with Crippen molar-refractivity contribution in [2.75, 3.05) is 24.5 Å². The number of benzene rings is 1. The van der Waals surface area contributed by atoms with Gasteiger partial charge in [0.25, 0.3) is 0 Å². The minimum absolute atomic E-state index is 0.206. The molecule has 0 radical (unpaired) electrons. The molecule has 1 aromatic carbocycles. The van der Waals surface area contributed by atoms with Gasteiger partial charge in [-0.2, -0.15) is 0 Å². The summed E-state index contributed by atoms with van der Waals surface area (Å²) in [6.07, 6.45) is 1.60. The SMILES string of the molecule is Oc1ccc(C2CN(c3ncnc4scnc34)CCN2)cc1. The van der Waals surface area contributed by atoms with E-state index >= 15 is 0 Å². The van der Waals surface area contributed by atoms with Crippen molar-refractivity contribution in [3.8, 4) is 5.75 Å². The lowest BCUT2D eigenvalue weighted by Crippen LogP contribution is -2.46. The zero-order chi connectivity index (χ0) is 14.9. The highest BCUT2D eigenvalue weighted by atomic mass is 32.1. The monoisotopic (exact) mass is 313 g/mol. The predicted octanol–water partition coefficient (Wildman–Crippen LogP) is 1.94. The van der Waals surface area contributed by atoms with Crippen molar-refractivity contribution in [3.63, 3.8) is 0 Å². The normalized spacial score (nSPS) is 18.7. The molecule has 1 saturated heterocycles. The molecule has 0 aliphatic carbocycles. The highest BCUT2D eigenvalue weighted by Gasteiger charge is 2.23. The van der Waals surface area contributed by atoms with Crippen molar-refractivity contribution in [3.05, 3.63) is 41.7 Å². The highest BCUT2D eigenvalue weighted by molar-refractivity contribution is 7.16. The molecule has 1 aliphatic heterocycles. The van der Waals surface area contributed by atoms with E-state index in [1.54, 1.807) is 18.5 Å². The van der Waals surface area contributed by atoms with Crippen molar-refractivity contribution in [2.24, 2.45) is 0 Å². The zero-order valence-electron chi connectivity index (χ0n) is 11.8. The molecule has 1 fully saturated rings. The van der Waals surface area contributed by atoms with E-state index in [9.17, 15) is 5.11 Å². The number of rotatable bonds is 2. The van der Waals surface area contributed by atoms with Crippen LogP contribution in [0.3, 0.4) is 0 Å². The number of hydrogen-bond acceptors (Lipinski definition) is 7. The fourth-order valence-electron chi connectivity index (χ4n) is 2.79. The molecule has 6 nitrogen and oxygen atoms in total. The van der Waals surface area contributed by atoms with Crippen molar-refractivity contribution in [1.29, 1.82) is 0 Å². The van der Waals surface area contributed by atoms with E-state index in [1.807, 2.05) is 17.6 Å². The standard InChI is InChI=1S/C15H15N5OS/c21-11-3-1-10(2-4-11)12-7-20(6-5-16-12)14-13-15(18-8-17-14)22-9-19-13/h1-4,8-9,12,16,21H,5-7H2. The number of hydrogen-bond donors (Lipinski definition) is 2. The van der Waals surface area contributed by atoms with Gasteiger partial charge in [0.05, 0.1) is 5.51 Å². The number of aromatic nitrogens is 3. The minimum Gasteiger partial charge on any atom is -0.508 e. The van der Waals surface area contributed by atoms with Gasteiger partial charge in [-0.25, -0.2) is 15.0 Å². The van der Waals surface area contributed by atoms with Gasteiger partial charge < -0.3 is 15.3 Å². The Balaban J connectivity index is 1.63. The number of thiazole rings is 1. The Morgan fingerprint density at radius 2 is 2.05 bits per heavy atom. The third-order valence-electron chi connectivity index (χ3n) is 3.89. The fraction of sp³-hybridized carbons (Fsp3) is 0.267. The van der Waals surface area contributed by atoms with E-state index in [2.05, 4.69) is 25.2 Å². The van der Waals surface area contributed by atoms with E-state index in [1.165, 1.54) is 11.3 Å². The second-order valence-electron chi connectivity index (χ2n) is 5.25. The van der Waals surface area contributed by atoms with Gasteiger partial charge in [0.15, 0.2) is 5.82 Å².